The van der Waals surface area contributed by atoms with Gasteiger partial charge in [-0.25, -0.2) is 0 Å². The van der Waals surface area contributed by atoms with E-state index in [4.69, 9.17) is 33.2 Å². The summed E-state index contributed by atoms with van der Waals surface area (Å²) in [6, 6.07) is 19.8. The van der Waals surface area contributed by atoms with E-state index in [2.05, 4.69) is 9.97 Å². The molecule has 2 aromatic carbocycles. The Morgan fingerprint density at radius 1 is 0.410 bits per heavy atom. The maximum absolute atomic E-state index is 5.69. The highest BCUT2D eigenvalue weighted by Crippen LogP contribution is 2.18. The summed E-state index contributed by atoms with van der Waals surface area (Å²) in [4.78, 5) is 8.76. The lowest BCUT2D eigenvalue weighted by Gasteiger charge is -2.09. The van der Waals surface area contributed by atoms with E-state index in [9.17, 15) is 0 Å². The molecule has 0 saturated carbocycles. The fourth-order valence-electron chi connectivity index (χ4n) is 3.68. The molecule has 0 bridgehead atoms. The van der Waals surface area contributed by atoms with Gasteiger partial charge in [0.05, 0.1) is 89.5 Å². The van der Waals surface area contributed by atoms with Gasteiger partial charge in [0.25, 0.3) is 0 Å². The molecule has 0 spiro atoms. The molecule has 0 amide bonds. The number of nitrogens with zero attached hydrogens (tertiary/aromatic N) is 2. The monoisotopic (exact) mass is 536 g/mol. The van der Waals surface area contributed by atoms with Gasteiger partial charge in [-0.3, -0.25) is 9.97 Å². The molecular weight excluding hydrogens is 500 g/mol. The van der Waals surface area contributed by atoms with E-state index < -0.39 is 0 Å². The van der Waals surface area contributed by atoms with Crippen LogP contribution in [0.4, 0.5) is 0 Å². The van der Waals surface area contributed by atoms with Crippen LogP contribution in [0.3, 0.4) is 0 Å². The lowest BCUT2D eigenvalue weighted by Crippen LogP contribution is -2.15. The molecule has 0 aliphatic heterocycles. The molecule has 9 heteroatoms. The van der Waals surface area contributed by atoms with Gasteiger partial charge in [-0.05, 0) is 24.3 Å². The minimum atomic E-state index is 0.463. The highest BCUT2D eigenvalue weighted by molar-refractivity contribution is 5.80. The smallest absolute Gasteiger partial charge is 0.138 e. The first kappa shape index (κ1) is 28.7. The van der Waals surface area contributed by atoms with Crippen LogP contribution in [0.1, 0.15) is 0 Å². The number of fused-ring (bicyclic) bond motifs is 2. The Labute approximate surface area is 228 Å². The number of benzene rings is 2. The fraction of sp³-hybridized carbons (Fsp3) is 0.400. The van der Waals surface area contributed by atoms with Crippen LogP contribution in [0.25, 0.3) is 21.8 Å². The molecule has 9 nitrogen and oxygen atoms in total. The predicted molar refractivity (Wildman–Crippen MR) is 149 cm³/mol. The van der Waals surface area contributed by atoms with Gasteiger partial charge < -0.3 is 33.2 Å². The van der Waals surface area contributed by atoms with E-state index in [1.807, 2.05) is 60.7 Å². The van der Waals surface area contributed by atoms with Crippen molar-refractivity contribution < 1.29 is 33.2 Å². The molecule has 0 saturated heterocycles. The zero-order chi connectivity index (χ0) is 26.8. The van der Waals surface area contributed by atoms with Crippen molar-refractivity contribution in [2.45, 2.75) is 0 Å². The Hall–Kier alpha value is -3.34. The third kappa shape index (κ3) is 10.7. The fourth-order valence-corrected chi connectivity index (χ4v) is 3.68. The maximum atomic E-state index is 5.69. The summed E-state index contributed by atoms with van der Waals surface area (Å²) in [5.74, 6) is 1.48. The van der Waals surface area contributed by atoms with Crippen molar-refractivity contribution in [1.82, 2.24) is 9.97 Å². The first-order valence-corrected chi connectivity index (χ1v) is 13.2. The number of pyridine rings is 2. The zero-order valence-electron chi connectivity index (χ0n) is 22.2. The number of rotatable bonds is 20. The van der Waals surface area contributed by atoms with E-state index in [1.54, 1.807) is 12.4 Å². The van der Waals surface area contributed by atoms with Crippen LogP contribution in [0.5, 0.6) is 11.5 Å². The molecule has 4 rings (SSSR count). The Balaban J connectivity index is 0.869. The SMILES string of the molecule is c1ccc2ncc(OCCOCCOCCOCCOCCOCCOc3cnc4ccccc4c3)cc2c1. The van der Waals surface area contributed by atoms with E-state index in [-0.39, 0.29) is 0 Å². The van der Waals surface area contributed by atoms with Gasteiger partial charge in [-0.2, -0.15) is 0 Å². The van der Waals surface area contributed by atoms with E-state index >= 15 is 0 Å². The van der Waals surface area contributed by atoms with E-state index in [0.29, 0.717) is 79.3 Å². The van der Waals surface area contributed by atoms with Crippen LogP contribution in [0.15, 0.2) is 73.1 Å². The van der Waals surface area contributed by atoms with Crippen LogP contribution in [0, 0.1) is 0 Å². The molecule has 0 radical (unpaired) electrons. The second kappa shape index (κ2) is 17.3. The average Bonchev–Trinajstić information content (AvgIpc) is 2.98. The van der Waals surface area contributed by atoms with E-state index in [1.165, 1.54) is 0 Å². The normalized spacial score (nSPS) is 11.3. The number of ether oxygens (including phenoxy) is 7. The van der Waals surface area contributed by atoms with Crippen molar-refractivity contribution in [2.75, 3.05) is 79.3 Å². The molecule has 208 valence electrons. The summed E-state index contributed by atoms with van der Waals surface area (Å²) in [6.07, 6.45) is 3.46. The second-order valence-corrected chi connectivity index (χ2v) is 8.49. The topological polar surface area (TPSA) is 90.4 Å². The van der Waals surface area contributed by atoms with Gasteiger partial charge >= 0.3 is 0 Å². The Morgan fingerprint density at radius 2 is 0.744 bits per heavy atom. The van der Waals surface area contributed by atoms with Crippen LogP contribution < -0.4 is 9.47 Å². The first-order chi connectivity index (χ1) is 19.4. The van der Waals surface area contributed by atoms with Gasteiger partial charge in [-0.15, -0.1) is 0 Å². The molecule has 2 heterocycles. The van der Waals surface area contributed by atoms with Gasteiger partial charge in [-0.1, -0.05) is 36.4 Å². The standard InChI is InChI=1S/C30H36N2O7/c1-3-7-29-25(5-1)21-27(23-31-29)38-19-17-36-15-13-34-11-9-33-10-12-35-14-16-37-18-20-39-28-22-26-6-2-4-8-30(26)32-24-28/h1-8,21-24H,9-20H2. The number of hydrogen-bond acceptors (Lipinski definition) is 9. The molecular formula is C30H36N2O7. The lowest BCUT2D eigenvalue weighted by atomic mass is 10.2. The van der Waals surface area contributed by atoms with Crippen molar-refractivity contribution in [1.29, 1.82) is 0 Å². The number of para-hydroxylation sites is 2. The van der Waals surface area contributed by atoms with Crippen LogP contribution in [-0.4, -0.2) is 89.3 Å². The minimum absolute atomic E-state index is 0.463. The first-order valence-electron chi connectivity index (χ1n) is 13.2. The maximum Gasteiger partial charge on any atom is 0.138 e. The largest absolute Gasteiger partial charge is 0.490 e. The number of aromatic nitrogens is 2. The van der Waals surface area contributed by atoms with Crippen molar-refractivity contribution in [3.8, 4) is 11.5 Å². The summed E-state index contributed by atoms with van der Waals surface area (Å²) in [5.41, 5.74) is 1.90. The Kier molecular flexibility index (Phi) is 12.7. The summed E-state index contributed by atoms with van der Waals surface area (Å²) in [5, 5.41) is 2.11. The second-order valence-electron chi connectivity index (χ2n) is 8.49. The highest BCUT2D eigenvalue weighted by Gasteiger charge is 2.00. The van der Waals surface area contributed by atoms with Crippen molar-refractivity contribution in [3.05, 3.63) is 73.1 Å². The Bertz CT molecular complexity index is 1140. The summed E-state index contributed by atoms with van der Waals surface area (Å²) in [7, 11) is 0. The molecule has 0 unspecified atom stereocenters. The molecule has 2 aromatic heterocycles. The minimum Gasteiger partial charge on any atom is -0.490 e. The van der Waals surface area contributed by atoms with Crippen molar-refractivity contribution in [3.63, 3.8) is 0 Å². The third-order valence-corrected chi connectivity index (χ3v) is 5.61. The predicted octanol–water partition coefficient (Wildman–Crippen LogP) is 4.32. The molecule has 0 aliphatic carbocycles. The van der Waals surface area contributed by atoms with Crippen molar-refractivity contribution >= 4 is 21.8 Å². The van der Waals surface area contributed by atoms with Crippen LogP contribution >= 0.6 is 0 Å². The molecule has 4 aromatic rings. The van der Waals surface area contributed by atoms with Crippen molar-refractivity contribution in [2.24, 2.45) is 0 Å². The van der Waals surface area contributed by atoms with Gasteiger partial charge in [0.1, 0.15) is 24.7 Å². The summed E-state index contributed by atoms with van der Waals surface area (Å²) in [6.45, 7) is 5.99. The van der Waals surface area contributed by atoms with Gasteiger partial charge in [0, 0.05) is 10.8 Å². The number of hydrogen-bond donors (Lipinski definition) is 0. The molecule has 0 N–H and O–H groups in total. The average molecular weight is 537 g/mol. The Morgan fingerprint density at radius 3 is 1.13 bits per heavy atom. The van der Waals surface area contributed by atoms with Gasteiger partial charge in [0.15, 0.2) is 0 Å². The zero-order valence-corrected chi connectivity index (χ0v) is 22.2. The molecule has 0 fully saturated rings. The molecule has 0 atom stereocenters. The van der Waals surface area contributed by atoms with E-state index in [0.717, 1.165) is 33.3 Å². The van der Waals surface area contributed by atoms with Crippen LogP contribution in [-0.2, 0) is 23.7 Å². The highest BCUT2D eigenvalue weighted by atomic mass is 16.6. The lowest BCUT2D eigenvalue weighted by molar-refractivity contribution is -0.0141. The molecule has 0 aliphatic rings. The summed E-state index contributed by atoms with van der Waals surface area (Å²) >= 11 is 0. The van der Waals surface area contributed by atoms with Crippen LogP contribution in [0.2, 0.25) is 0 Å². The third-order valence-electron chi connectivity index (χ3n) is 5.61. The molecule has 39 heavy (non-hydrogen) atoms. The quantitative estimate of drug-likeness (QED) is 0.153. The van der Waals surface area contributed by atoms with Gasteiger partial charge in [0.2, 0.25) is 0 Å². The summed E-state index contributed by atoms with van der Waals surface area (Å²) < 4.78 is 39.0.